The van der Waals surface area contributed by atoms with Crippen molar-refractivity contribution in [1.29, 1.82) is 0 Å². The van der Waals surface area contributed by atoms with Gasteiger partial charge >= 0.3 is 0 Å². The van der Waals surface area contributed by atoms with Gasteiger partial charge in [0.1, 0.15) is 5.82 Å². The lowest BCUT2D eigenvalue weighted by atomic mass is 9.91. The predicted octanol–water partition coefficient (Wildman–Crippen LogP) is 4.78. The van der Waals surface area contributed by atoms with E-state index in [4.69, 9.17) is 11.6 Å². The fraction of sp³-hybridized carbons (Fsp3) is 0.348. The number of carbonyl (C=O) groups excluding carboxylic acids is 1. The first-order valence-corrected chi connectivity index (χ1v) is 10.8. The Morgan fingerprint density at radius 2 is 1.72 bits per heavy atom. The lowest BCUT2D eigenvalue weighted by Crippen LogP contribution is -2.40. The van der Waals surface area contributed by atoms with E-state index in [0.29, 0.717) is 33.3 Å². The average Bonchev–Trinajstić information content (AvgIpc) is 2.75. The number of amides is 1. The van der Waals surface area contributed by atoms with Crippen LogP contribution in [0.25, 0.3) is 10.9 Å². The zero-order chi connectivity index (χ0) is 22.8. The summed E-state index contributed by atoms with van der Waals surface area (Å²) >= 11 is 5.97. The molecule has 2 aromatic carbocycles. The van der Waals surface area contributed by atoms with E-state index in [0.717, 1.165) is 37.8 Å². The molecule has 6 nitrogen and oxygen atoms in total. The van der Waals surface area contributed by atoms with Gasteiger partial charge in [-0.2, -0.15) is 4.98 Å². The van der Waals surface area contributed by atoms with Crippen LogP contribution >= 0.6 is 11.6 Å². The molecule has 1 aliphatic rings. The number of rotatable bonds is 5. The summed E-state index contributed by atoms with van der Waals surface area (Å²) in [5, 5.41) is 7.37. The number of aromatic nitrogens is 2. The Morgan fingerprint density at radius 3 is 2.41 bits per heavy atom. The molecule has 0 radical (unpaired) electrons. The Balaban J connectivity index is 1.41. The van der Waals surface area contributed by atoms with E-state index in [1.165, 1.54) is 0 Å². The van der Waals surface area contributed by atoms with Crippen molar-refractivity contribution in [2.75, 3.05) is 24.3 Å². The number of carbonyl (C=O) groups is 1. The standard InChI is InChI=1S/C23H24ClF2N5O/c1-31(2)21-17-11-18(25)19(26)12-20(17)29-23(30-21)28-16-8-6-15(7-9-16)27-22(32)13-4-3-5-14(24)10-13/h3-5,10-12,15-16H,6-9H2,1-2H3,(H,27,32)(H,28,29,30). The highest BCUT2D eigenvalue weighted by Crippen LogP contribution is 2.28. The van der Waals surface area contributed by atoms with Crippen molar-refractivity contribution in [3.63, 3.8) is 0 Å². The minimum absolute atomic E-state index is 0.0754. The van der Waals surface area contributed by atoms with Crippen LogP contribution < -0.4 is 15.5 Å². The van der Waals surface area contributed by atoms with E-state index in [1.807, 2.05) is 0 Å². The second-order valence-corrected chi connectivity index (χ2v) is 8.66. The van der Waals surface area contributed by atoms with Crippen molar-refractivity contribution in [2.24, 2.45) is 0 Å². The second-order valence-electron chi connectivity index (χ2n) is 8.23. The molecule has 168 valence electrons. The van der Waals surface area contributed by atoms with E-state index in [9.17, 15) is 13.6 Å². The molecule has 0 bridgehead atoms. The summed E-state index contributed by atoms with van der Waals surface area (Å²) in [6, 6.07) is 9.28. The second kappa shape index (κ2) is 9.24. The number of halogens is 3. The van der Waals surface area contributed by atoms with E-state index in [2.05, 4.69) is 20.6 Å². The number of benzene rings is 2. The molecule has 32 heavy (non-hydrogen) atoms. The fourth-order valence-electron chi connectivity index (χ4n) is 3.98. The maximum atomic E-state index is 13.8. The number of hydrogen-bond donors (Lipinski definition) is 2. The fourth-order valence-corrected chi connectivity index (χ4v) is 4.17. The molecule has 1 aliphatic carbocycles. The molecule has 9 heteroatoms. The van der Waals surface area contributed by atoms with E-state index in [-0.39, 0.29) is 18.0 Å². The Morgan fingerprint density at radius 1 is 1.03 bits per heavy atom. The third kappa shape index (κ3) is 4.91. The third-order valence-electron chi connectivity index (χ3n) is 5.62. The minimum atomic E-state index is -0.942. The van der Waals surface area contributed by atoms with E-state index in [1.54, 1.807) is 43.3 Å². The smallest absolute Gasteiger partial charge is 0.251 e. The van der Waals surface area contributed by atoms with Crippen molar-refractivity contribution in [3.05, 3.63) is 58.6 Å². The Hall–Kier alpha value is -3.00. The maximum absolute atomic E-state index is 13.8. The molecule has 1 heterocycles. The Labute approximate surface area is 190 Å². The lowest BCUT2D eigenvalue weighted by Gasteiger charge is -2.30. The molecule has 1 amide bonds. The summed E-state index contributed by atoms with van der Waals surface area (Å²) < 4.78 is 27.5. The highest BCUT2D eigenvalue weighted by atomic mass is 35.5. The van der Waals surface area contributed by atoms with Crippen LogP contribution in [0.15, 0.2) is 36.4 Å². The average molecular weight is 460 g/mol. The molecule has 0 unspecified atom stereocenters. The van der Waals surface area contributed by atoms with Gasteiger partial charge in [-0.05, 0) is 49.9 Å². The van der Waals surface area contributed by atoms with Crippen LogP contribution in [-0.2, 0) is 0 Å². The molecule has 0 aliphatic heterocycles. The molecule has 1 saturated carbocycles. The van der Waals surface area contributed by atoms with Crippen LogP contribution in [0.3, 0.4) is 0 Å². The maximum Gasteiger partial charge on any atom is 0.251 e. The number of anilines is 2. The van der Waals surface area contributed by atoms with Crippen LogP contribution in [0.4, 0.5) is 20.5 Å². The zero-order valence-electron chi connectivity index (χ0n) is 17.8. The van der Waals surface area contributed by atoms with Gasteiger partial charge in [0.15, 0.2) is 11.6 Å². The monoisotopic (exact) mass is 459 g/mol. The molecule has 0 saturated heterocycles. The van der Waals surface area contributed by atoms with Crippen LogP contribution in [0, 0.1) is 11.6 Å². The van der Waals surface area contributed by atoms with Gasteiger partial charge in [0.25, 0.3) is 5.91 Å². The molecular weight excluding hydrogens is 436 g/mol. The molecule has 1 aromatic heterocycles. The summed E-state index contributed by atoms with van der Waals surface area (Å²) in [4.78, 5) is 23.1. The summed E-state index contributed by atoms with van der Waals surface area (Å²) in [5.41, 5.74) is 0.884. The SMILES string of the molecule is CN(C)c1nc(NC2CCC(NC(=O)c3cccc(Cl)c3)CC2)nc2cc(F)c(F)cc12. The first-order chi connectivity index (χ1) is 15.3. The first-order valence-electron chi connectivity index (χ1n) is 10.5. The van der Waals surface area contributed by atoms with Crippen LogP contribution in [0.1, 0.15) is 36.0 Å². The van der Waals surface area contributed by atoms with Gasteiger partial charge in [0, 0.05) is 48.2 Å². The van der Waals surface area contributed by atoms with E-state index < -0.39 is 11.6 Å². The van der Waals surface area contributed by atoms with Crippen molar-refractivity contribution >= 4 is 40.2 Å². The molecule has 3 aromatic rings. The van der Waals surface area contributed by atoms with Crippen LogP contribution in [-0.4, -0.2) is 42.1 Å². The largest absolute Gasteiger partial charge is 0.362 e. The number of fused-ring (bicyclic) bond motifs is 1. The summed E-state index contributed by atoms with van der Waals surface area (Å²) in [7, 11) is 3.58. The molecule has 2 N–H and O–H groups in total. The first kappa shape index (κ1) is 22.2. The van der Waals surface area contributed by atoms with Crippen molar-refractivity contribution < 1.29 is 13.6 Å². The predicted molar refractivity (Wildman–Crippen MR) is 122 cm³/mol. The number of nitrogens with zero attached hydrogens (tertiary/aromatic N) is 3. The molecule has 4 rings (SSSR count). The summed E-state index contributed by atoms with van der Waals surface area (Å²) in [6.07, 6.45) is 3.24. The molecular formula is C23H24ClF2N5O. The van der Waals surface area contributed by atoms with Crippen molar-refractivity contribution in [1.82, 2.24) is 15.3 Å². The van der Waals surface area contributed by atoms with Crippen LogP contribution in [0.2, 0.25) is 5.02 Å². The number of nitrogens with one attached hydrogen (secondary N) is 2. The van der Waals surface area contributed by atoms with E-state index >= 15 is 0 Å². The Bertz CT molecular complexity index is 1150. The van der Waals surface area contributed by atoms with Crippen molar-refractivity contribution in [2.45, 2.75) is 37.8 Å². The van der Waals surface area contributed by atoms with Gasteiger partial charge in [0.2, 0.25) is 5.95 Å². The van der Waals surface area contributed by atoms with Gasteiger partial charge < -0.3 is 15.5 Å². The zero-order valence-corrected chi connectivity index (χ0v) is 18.6. The normalized spacial score (nSPS) is 18.4. The quantitative estimate of drug-likeness (QED) is 0.574. The highest BCUT2D eigenvalue weighted by Gasteiger charge is 2.24. The number of hydrogen-bond acceptors (Lipinski definition) is 5. The summed E-state index contributed by atoms with van der Waals surface area (Å²) in [6.45, 7) is 0. The van der Waals surface area contributed by atoms with Gasteiger partial charge in [-0.15, -0.1) is 0 Å². The van der Waals surface area contributed by atoms with Gasteiger partial charge in [-0.25, -0.2) is 13.8 Å². The third-order valence-corrected chi connectivity index (χ3v) is 5.86. The molecule has 0 spiro atoms. The van der Waals surface area contributed by atoms with Gasteiger partial charge in [-0.1, -0.05) is 17.7 Å². The molecule has 1 fully saturated rings. The summed E-state index contributed by atoms with van der Waals surface area (Å²) in [5.74, 6) is -1.12. The van der Waals surface area contributed by atoms with Gasteiger partial charge in [0.05, 0.1) is 5.52 Å². The highest BCUT2D eigenvalue weighted by molar-refractivity contribution is 6.30. The minimum Gasteiger partial charge on any atom is -0.362 e. The van der Waals surface area contributed by atoms with Crippen molar-refractivity contribution in [3.8, 4) is 0 Å². The van der Waals surface area contributed by atoms with Crippen LogP contribution in [0.5, 0.6) is 0 Å². The Kier molecular flexibility index (Phi) is 6.41. The lowest BCUT2D eigenvalue weighted by molar-refractivity contribution is 0.0926. The molecule has 0 atom stereocenters. The van der Waals surface area contributed by atoms with Gasteiger partial charge in [-0.3, -0.25) is 4.79 Å². The topological polar surface area (TPSA) is 70.2 Å².